The molecule has 1 fully saturated rings. The fourth-order valence-corrected chi connectivity index (χ4v) is 3.99. The number of nitrogens with one attached hydrogen (secondary N) is 2. The quantitative estimate of drug-likeness (QED) is 0.391. The van der Waals surface area contributed by atoms with Gasteiger partial charge >= 0.3 is 0 Å². The van der Waals surface area contributed by atoms with Crippen LogP contribution in [-0.2, 0) is 13.6 Å². The van der Waals surface area contributed by atoms with Gasteiger partial charge in [-0.25, -0.2) is 4.99 Å². The van der Waals surface area contributed by atoms with E-state index in [2.05, 4.69) is 34.0 Å². The zero-order valence-electron chi connectivity index (χ0n) is 16.9. The van der Waals surface area contributed by atoms with E-state index in [0.717, 1.165) is 49.0 Å². The Morgan fingerprint density at radius 2 is 2.08 bits per heavy atom. The minimum Gasteiger partial charge on any atom is -0.356 e. The lowest BCUT2D eigenvalue weighted by Crippen LogP contribution is -2.39. The summed E-state index contributed by atoms with van der Waals surface area (Å²) in [7, 11) is 1.99. The van der Waals surface area contributed by atoms with Crippen LogP contribution in [0.5, 0.6) is 0 Å². The second-order valence-electron chi connectivity index (χ2n) is 7.51. The zero-order chi connectivity index (χ0) is 18.8. The van der Waals surface area contributed by atoms with Crippen molar-refractivity contribution in [2.24, 2.45) is 23.9 Å². The summed E-state index contributed by atoms with van der Waals surface area (Å²) in [5, 5.41) is 15.3. The van der Waals surface area contributed by atoms with Crippen molar-refractivity contribution >= 4 is 17.7 Å². The standard InChI is InChI=1S/C19H36N6S/c1-15-7-5-8-17(13-15)9-11-21-19(20-10-6-12-26-4)22-14-18-24-23-16(2)25(18)3/h15,17H,5-14H2,1-4H3,(H2,20,21,22). The number of aromatic nitrogens is 3. The smallest absolute Gasteiger partial charge is 0.191 e. The average Bonchev–Trinajstić information content (AvgIpc) is 2.94. The van der Waals surface area contributed by atoms with Gasteiger partial charge in [-0.05, 0) is 50.0 Å². The lowest BCUT2D eigenvalue weighted by Gasteiger charge is -2.26. The number of thioether (sulfide) groups is 1. The second kappa shape index (κ2) is 11.5. The number of hydrogen-bond acceptors (Lipinski definition) is 4. The van der Waals surface area contributed by atoms with E-state index in [1.165, 1.54) is 37.9 Å². The van der Waals surface area contributed by atoms with Gasteiger partial charge in [0, 0.05) is 20.1 Å². The van der Waals surface area contributed by atoms with Crippen molar-refractivity contribution in [2.45, 2.75) is 58.9 Å². The molecule has 0 bridgehead atoms. The van der Waals surface area contributed by atoms with Crippen LogP contribution in [0.1, 0.15) is 57.1 Å². The molecule has 1 heterocycles. The number of aryl methyl sites for hydroxylation is 1. The first-order valence-electron chi connectivity index (χ1n) is 9.96. The molecule has 7 heteroatoms. The summed E-state index contributed by atoms with van der Waals surface area (Å²) in [4.78, 5) is 4.73. The van der Waals surface area contributed by atoms with Crippen LogP contribution in [-0.4, -0.2) is 45.8 Å². The van der Waals surface area contributed by atoms with Gasteiger partial charge in [0.25, 0.3) is 0 Å². The number of guanidine groups is 1. The van der Waals surface area contributed by atoms with Gasteiger partial charge in [-0.15, -0.1) is 10.2 Å². The van der Waals surface area contributed by atoms with Crippen LogP contribution in [0.3, 0.4) is 0 Å². The maximum atomic E-state index is 4.73. The summed E-state index contributed by atoms with van der Waals surface area (Å²) in [6.45, 7) is 6.85. The molecule has 1 aliphatic rings. The molecular weight excluding hydrogens is 344 g/mol. The Morgan fingerprint density at radius 1 is 1.27 bits per heavy atom. The highest BCUT2D eigenvalue weighted by Gasteiger charge is 2.18. The van der Waals surface area contributed by atoms with Crippen molar-refractivity contribution in [1.29, 1.82) is 0 Å². The SMILES string of the molecule is CSCCCNC(=NCc1nnc(C)n1C)NCCC1CCCC(C)C1. The molecule has 0 saturated heterocycles. The molecule has 1 aromatic rings. The van der Waals surface area contributed by atoms with Crippen LogP contribution in [0, 0.1) is 18.8 Å². The van der Waals surface area contributed by atoms with Crippen molar-refractivity contribution in [3.8, 4) is 0 Å². The summed E-state index contributed by atoms with van der Waals surface area (Å²) in [6, 6.07) is 0. The summed E-state index contributed by atoms with van der Waals surface area (Å²) in [5.74, 6) is 5.65. The molecule has 2 atom stereocenters. The molecular formula is C19H36N6S. The van der Waals surface area contributed by atoms with Gasteiger partial charge in [-0.3, -0.25) is 0 Å². The molecule has 2 unspecified atom stereocenters. The molecule has 0 aliphatic heterocycles. The predicted octanol–water partition coefficient (Wildman–Crippen LogP) is 3.13. The number of nitrogens with zero attached hydrogens (tertiary/aromatic N) is 4. The molecule has 2 N–H and O–H groups in total. The lowest BCUT2D eigenvalue weighted by atomic mass is 9.81. The van der Waals surface area contributed by atoms with E-state index in [1.54, 1.807) is 0 Å². The molecule has 0 spiro atoms. The number of aliphatic imine (C=N–C) groups is 1. The normalized spacial score (nSPS) is 21.0. The molecule has 1 aromatic heterocycles. The second-order valence-corrected chi connectivity index (χ2v) is 8.50. The first kappa shape index (κ1) is 21.1. The van der Waals surface area contributed by atoms with Crippen LogP contribution < -0.4 is 10.6 Å². The van der Waals surface area contributed by atoms with E-state index in [-0.39, 0.29) is 0 Å². The maximum absolute atomic E-state index is 4.73. The molecule has 0 aromatic carbocycles. The third-order valence-corrected chi connectivity index (χ3v) is 5.97. The van der Waals surface area contributed by atoms with E-state index in [0.29, 0.717) is 6.54 Å². The Labute approximate surface area is 163 Å². The third-order valence-electron chi connectivity index (χ3n) is 5.27. The van der Waals surface area contributed by atoms with Gasteiger partial charge in [-0.1, -0.05) is 26.2 Å². The highest BCUT2D eigenvalue weighted by Crippen LogP contribution is 2.30. The molecule has 0 amide bonds. The van der Waals surface area contributed by atoms with E-state index < -0.39 is 0 Å². The van der Waals surface area contributed by atoms with Crippen LogP contribution >= 0.6 is 11.8 Å². The topological polar surface area (TPSA) is 67.1 Å². The van der Waals surface area contributed by atoms with Crippen LogP contribution in [0.4, 0.5) is 0 Å². The molecule has 6 nitrogen and oxygen atoms in total. The van der Waals surface area contributed by atoms with Gasteiger partial charge in [0.05, 0.1) is 0 Å². The van der Waals surface area contributed by atoms with Crippen molar-refractivity contribution in [1.82, 2.24) is 25.4 Å². The molecule has 1 aliphatic carbocycles. The predicted molar refractivity (Wildman–Crippen MR) is 112 cm³/mol. The van der Waals surface area contributed by atoms with E-state index in [9.17, 15) is 0 Å². The highest BCUT2D eigenvalue weighted by atomic mass is 32.2. The summed E-state index contributed by atoms with van der Waals surface area (Å²) in [5.41, 5.74) is 0. The monoisotopic (exact) mass is 380 g/mol. The zero-order valence-corrected chi connectivity index (χ0v) is 17.7. The summed E-state index contributed by atoms with van der Waals surface area (Å²) < 4.78 is 2.00. The Hall–Kier alpha value is -1.24. The first-order chi connectivity index (χ1) is 12.6. The summed E-state index contributed by atoms with van der Waals surface area (Å²) >= 11 is 1.88. The van der Waals surface area contributed by atoms with Crippen LogP contribution in [0.15, 0.2) is 4.99 Å². The van der Waals surface area contributed by atoms with E-state index in [4.69, 9.17) is 4.99 Å². The Kier molecular flexibility index (Phi) is 9.29. The van der Waals surface area contributed by atoms with Crippen LogP contribution in [0.25, 0.3) is 0 Å². The lowest BCUT2D eigenvalue weighted by molar-refractivity contribution is 0.270. The largest absolute Gasteiger partial charge is 0.356 e. The van der Waals surface area contributed by atoms with Crippen LogP contribution in [0.2, 0.25) is 0 Å². The minimum atomic E-state index is 0.551. The molecule has 1 saturated carbocycles. The van der Waals surface area contributed by atoms with Gasteiger partial charge in [0.15, 0.2) is 11.8 Å². The third kappa shape index (κ3) is 7.17. The van der Waals surface area contributed by atoms with Crippen molar-refractivity contribution < 1.29 is 0 Å². The molecule has 148 valence electrons. The fraction of sp³-hybridized carbons (Fsp3) is 0.842. The van der Waals surface area contributed by atoms with E-state index in [1.807, 2.05) is 30.3 Å². The van der Waals surface area contributed by atoms with Gasteiger partial charge in [0.2, 0.25) is 0 Å². The van der Waals surface area contributed by atoms with Gasteiger partial charge in [0.1, 0.15) is 12.4 Å². The average molecular weight is 381 g/mol. The van der Waals surface area contributed by atoms with Crippen molar-refractivity contribution in [3.05, 3.63) is 11.6 Å². The Bertz CT molecular complexity index is 556. The van der Waals surface area contributed by atoms with Crippen molar-refractivity contribution in [3.63, 3.8) is 0 Å². The Morgan fingerprint density at radius 3 is 2.77 bits per heavy atom. The molecule has 26 heavy (non-hydrogen) atoms. The number of rotatable bonds is 9. The maximum Gasteiger partial charge on any atom is 0.191 e. The molecule has 0 radical (unpaired) electrons. The highest BCUT2D eigenvalue weighted by molar-refractivity contribution is 7.98. The van der Waals surface area contributed by atoms with Crippen molar-refractivity contribution in [2.75, 3.05) is 25.1 Å². The molecule has 2 rings (SSSR count). The van der Waals surface area contributed by atoms with Gasteiger partial charge in [-0.2, -0.15) is 11.8 Å². The first-order valence-corrected chi connectivity index (χ1v) is 11.4. The van der Waals surface area contributed by atoms with E-state index >= 15 is 0 Å². The Balaban J connectivity index is 1.83. The fourth-order valence-electron chi connectivity index (χ4n) is 3.55. The van der Waals surface area contributed by atoms with Gasteiger partial charge < -0.3 is 15.2 Å². The summed E-state index contributed by atoms with van der Waals surface area (Å²) in [6.07, 6.45) is 10.1. The minimum absolute atomic E-state index is 0.551. The number of hydrogen-bond donors (Lipinski definition) is 2.